The van der Waals surface area contributed by atoms with Gasteiger partial charge in [0, 0.05) is 36.5 Å². The topological polar surface area (TPSA) is 59.7 Å². The number of nitrogens with zero attached hydrogens (tertiary/aromatic N) is 6. The van der Waals surface area contributed by atoms with Gasteiger partial charge in [0.25, 0.3) is 0 Å². The summed E-state index contributed by atoms with van der Waals surface area (Å²) in [7, 11) is 2.09. The van der Waals surface area contributed by atoms with E-state index in [0.717, 1.165) is 30.3 Å². The average Bonchev–Trinajstić information content (AvgIpc) is 3.04. The molecule has 2 aromatic rings. The first-order chi connectivity index (χ1) is 11.6. The molecular formula is C18H28N6. The summed E-state index contributed by atoms with van der Waals surface area (Å²) in [5.41, 5.74) is 1.15. The first kappa shape index (κ1) is 17.0. The Kier molecular flexibility index (Phi) is 5.56. The Bertz CT molecular complexity index is 627. The van der Waals surface area contributed by atoms with Crippen molar-refractivity contribution in [1.82, 2.24) is 29.6 Å². The number of aromatic nitrogens is 5. The van der Waals surface area contributed by atoms with Crippen LogP contribution in [0.3, 0.4) is 0 Å². The summed E-state index contributed by atoms with van der Waals surface area (Å²) in [4.78, 5) is 11.5. The highest BCUT2D eigenvalue weighted by atomic mass is 15.3. The van der Waals surface area contributed by atoms with Crippen LogP contribution in [0, 0.1) is 0 Å². The minimum absolute atomic E-state index is 0.376. The molecule has 2 aromatic heterocycles. The fourth-order valence-corrected chi connectivity index (χ4v) is 3.44. The van der Waals surface area contributed by atoms with Gasteiger partial charge in [0.05, 0.1) is 6.54 Å². The summed E-state index contributed by atoms with van der Waals surface area (Å²) in [6.07, 6.45) is 12.2. The molecule has 1 aliphatic rings. The molecule has 0 atom stereocenters. The minimum atomic E-state index is 0.376. The van der Waals surface area contributed by atoms with Gasteiger partial charge in [-0.15, -0.1) is 10.2 Å². The third-order valence-electron chi connectivity index (χ3n) is 4.76. The van der Waals surface area contributed by atoms with Gasteiger partial charge in [-0.25, -0.2) is 9.97 Å². The molecule has 6 nitrogen and oxygen atoms in total. The Morgan fingerprint density at radius 1 is 1.12 bits per heavy atom. The predicted molar refractivity (Wildman–Crippen MR) is 93.4 cm³/mol. The van der Waals surface area contributed by atoms with E-state index in [4.69, 9.17) is 0 Å². The molecule has 0 N–H and O–H groups in total. The molecule has 3 rings (SSSR count). The fraction of sp³-hybridized carbons (Fsp3) is 0.667. The lowest BCUT2D eigenvalue weighted by molar-refractivity contribution is 0.301. The highest BCUT2D eigenvalue weighted by molar-refractivity contribution is 5.08. The number of rotatable bonds is 6. The molecule has 0 amide bonds. The molecule has 0 unspecified atom stereocenters. The van der Waals surface area contributed by atoms with Gasteiger partial charge >= 0.3 is 0 Å². The van der Waals surface area contributed by atoms with Crippen LogP contribution >= 0.6 is 0 Å². The van der Waals surface area contributed by atoms with Gasteiger partial charge in [-0.3, -0.25) is 4.90 Å². The zero-order chi connectivity index (χ0) is 16.9. The third-order valence-corrected chi connectivity index (χ3v) is 4.76. The van der Waals surface area contributed by atoms with Gasteiger partial charge in [-0.2, -0.15) is 0 Å². The molecular weight excluding hydrogens is 300 g/mol. The molecule has 1 aliphatic carbocycles. The lowest BCUT2D eigenvalue weighted by Gasteiger charge is -2.21. The first-order valence-corrected chi connectivity index (χ1v) is 9.01. The van der Waals surface area contributed by atoms with E-state index in [1.807, 2.05) is 12.4 Å². The molecule has 0 aliphatic heterocycles. The fourth-order valence-electron chi connectivity index (χ4n) is 3.44. The van der Waals surface area contributed by atoms with Crippen molar-refractivity contribution in [2.24, 2.45) is 0 Å². The first-order valence-electron chi connectivity index (χ1n) is 9.01. The quantitative estimate of drug-likeness (QED) is 0.814. The monoisotopic (exact) mass is 328 g/mol. The van der Waals surface area contributed by atoms with Gasteiger partial charge in [0.15, 0.2) is 0 Å². The van der Waals surface area contributed by atoms with Crippen molar-refractivity contribution in [3.8, 4) is 0 Å². The average molecular weight is 328 g/mol. The van der Waals surface area contributed by atoms with Crippen molar-refractivity contribution in [3.05, 3.63) is 35.9 Å². The number of hydrogen-bond acceptors (Lipinski definition) is 5. The van der Waals surface area contributed by atoms with Crippen LogP contribution in [-0.2, 0) is 13.1 Å². The normalized spacial score (nSPS) is 16.2. The molecule has 24 heavy (non-hydrogen) atoms. The minimum Gasteiger partial charge on any atom is -0.314 e. The third kappa shape index (κ3) is 4.17. The lowest BCUT2D eigenvalue weighted by Crippen LogP contribution is -2.21. The van der Waals surface area contributed by atoms with Crippen molar-refractivity contribution < 1.29 is 0 Å². The van der Waals surface area contributed by atoms with Crippen LogP contribution in [0.4, 0.5) is 0 Å². The molecule has 0 bridgehead atoms. The molecule has 0 saturated heterocycles. The summed E-state index contributed by atoms with van der Waals surface area (Å²) in [6.45, 7) is 5.87. The van der Waals surface area contributed by atoms with Crippen LogP contribution in [0.15, 0.2) is 18.7 Å². The van der Waals surface area contributed by atoms with Crippen LogP contribution in [0.2, 0.25) is 0 Å². The van der Waals surface area contributed by atoms with E-state index in [1.165, 1.54) is 32.1 Å². The molecule has 0 radical (unpaired) electrons. The van der Waals surface area contributed by atoms with Crippen LogP contribution in [0.5, 0.6) is 0 Å². The number of hydrogen-bond donors (Lipinski definition) is 0. The summed E-state index contributed by atoms with van der Waals surface area (Å²) < 4.78 is 2.11. The van der Waals surface area contributed by atoms with Crippen LogP contribution in [-0.4, -0.2) is 36.7 Å². The molecule has 2 heterocycles. The molecule has 6 heteroatoms. The van der Waals surface area contributed by atoms with E-state index in [1.54, 1.807) is 6.33 Å². The maximum absolute atomic E-state index is 4.63. The van der Waals surface area contributed by atoms with Crippen LogP contribution in [0.25, 0.3) is 0 Å². The van der Waals surface area contributed by atoms with E-state index in [2.05, 4.69) is 50.5 Å². The zero-order valence-electron chi connectivity index (χ0n) is 15.0. The Morgan fingerprint density at radius 3 is 2.50 bits per heavy atom. The Hall–Kier alpha value is -1.82. The smallest absolute Gasteiger partial charge is 0.147 e. The lowest BCUT2D eigenvalue weighted by atomic mass is 9.89. The second-order valence-electron chi connectivity index (χ2n) is 7.20. The summed E-state index contributed by atoms with van der Waals surface area (Å²) in [6, 6.07) is 0.376. The zero-order valence-corrected chi connectivity index (χ0v) is 15.0. The standard InChI is InChI=1S/C18H28N6/c1-14(2)24-13-21-22-17(24)12-23(3)11-15-9-19-18(20-10-15)16-7-5-4-6-8-16/h9-10,13-14,16H,4-8,11-12H2,1-3H3. The van der Waals surface area contributed by atoms with E-state index in [9.17, 15) is 0 Å². The Morgan fingerprint density at radius 2 is 1.83 bits per heavy atom. The second kappa shape index (κ2) is 7.83. The highest BCUT2D eigenvalue weighted by Gasteiger charge is 2.18. The maximum Gasteiger partial charge on any atom is 0.147 e. The van der Waals surface area contributed by atoms with Gasteiger partial charge in [0.2, 0.25) is 0 Å². The summed E-state index contributed by atoms with van der Waals surface area (Å²) in [5.74, 6) is 2.59. The molecule has 130 valence electrons. The van der Waals surface area contributed by atoms with E-state index >= 15 is 0 Å². The summed E-state index contributed by atoms with van der Waals surface area (Å²) in [5, 5.41) is 8.26. The van der Waals surface area contributed by atoms with Crippen LogP contribution < -0.4 is 0 Å². The van der Waals surface area contributed by atoms with Crippen molar-refractivity contribution in [3.63, 3.8) is 0 Å². The van der Waals surface area contributed by atoms with Crippen molar-refractivity contribution in [1.29, 1.82) is 0 Å². The predicted octanol–water partition coefficient (Wildman–Crippen LogP) is 3.33. The van der Waals surface area contributed by atoms with Crippen molar-refractivity contribution in [2.75, 3.05) is 7.05 Å². The van der Waals surface area contributed by atoms with Crippen LogP contribution in [0.1, 0.15) is 75.1 Å². The second-order valence-corrected chi connectivity index (χ2v) is 7.20. The molecule has 1 saturated carbocycles. The van der Waals surface area contributed by atoms with Gasteiger partial charge in [-0.05, 0) is 33.7 Å². The molecule has 1 fully saturated rings. The van der Waals surface area contributed by atoms with E-state index in [0.29, 0.717) is 12.0 Å². The van der Waals surface area contributed by atoms with Crippen molar-refractivity contribution in [2.45, 2.75) is 71.0 Å². The molecule has 0 spiro atoms. The Labute approximate surface area is 144 Å². The SMILES string of the molecule is CC(C)n1cnnc1CN(C)Cc1cnc(C2CCCCC2)nc1. The highest BCUT2D eigenvalue weighted by Crippen LogP contribution is 2.30. The van der Waals surface area contributed by atoms with Gasteiger partial charge in [0.1, 0.15) is 18.0 Å². The Balaban J connectivity index is 1.58. The van der Waals surface area contributed by atoms with Crippen molar-refractivity contribution >= 4 is 0 Å². The van der Waals surface area contributed by atoms with E-state index < -0.39 is 0 Å². The van der Waals surface area contributed by atoms with Gasteiger partial charge in [-0.1, -0.05) is 19.3 Å². The van der Waals surface area contributed by atoms with E-state index in [-0.39, 0.29) is 0 Å². The maximum atomic E-state index is 4.63. The largest absolute Gasteiger partial charge is 0.314 e. The molecule has 0 aromatic carbocycles. The van der Waals surface area contributed by atoms with Gasteiger partial charge < -0.3 is 4.57 Å². The summed E-state index contributed by atoms with van der Waals surface area (Å²) >= 11 is 0.